The van der Waals surface area contributed by atoms with Gasteiger partial charge in [0.2, 0.25) is 0 Å². The highest BCUT2D eigenvalue weighted by molar-refractivity contribution is 5.37. The van der Waals surface area contributed by atoms with Gasteiger partial charge in [0, 0.05) is 0 Å². The normalized spacial score (nSPS) is 9.75. The predicted octanol–water partition coefficient (Wildman–Crippen LogP) is 2.38. The van der Waals surface area contributed by atoms with E-state index in [4.69, 9.17) is 10.8 Å². The van der Waals surface area contributed by atoms with E-state index in [2.05, 4.69) is 10.0 Å². The van der Waals surface area contributed by atoms with E-state index in [0.29, 0.717) is 12.1 Å². The van der Waals surface area contributed by atoms with Gasteiger partial charge in [0.15, 0.2) is 0 Å². The summed E-state index contributed by atoms with van der Waals surface area (Å²) in [5.74, 6) is 0. The molecule has 12 heavy (non-hydrogen) atoms. The van der Waals surface area contributed by atoms with Crippen molar-refractivity contribution in [3.63, 3.8) is 0 Å². The van der Waals surface area contributed by atoms with Gasteiger partial charge in [0.05, 0.1) is 12.3 Å². The molecule has 0 unspecified atom stereocenters. The van der Waals surface area contributed by atoms with Crippen molar-refractivity contribution in [1.82, 2.24) is 0 Å². The van der Waals surface area contributed by atoms with Crippen molar-refractivity contribution in [3.05, 3.63) is 29.8 Å². The zero-order chi connectivity index (χ0) is 8.81. The van der Waals surface area contributed by atoms with E-state index < -0.39 is 0 Å². The van der Waals surface area contributed by atoms with E-state index in [1.807, 2.05) is 12.1 Å². The van der Waals surface area contributed by atoms with Crippen LogP contribution in [0.5, 0.6) is 0 Å². The molecule has 1 aromatic carbocycles. The fourth-order valence-electron chi connectivity index (χ4n) is 0.901. The average molecular weight is 166 g/mol. The first-order valence-electron chi connectivity index (χ1n) is 3.59. The van der Waals surface area contributed by atoms with Gasteiger partial charge in [-0.2, -0.15) is 5.11 Å². The number of benzene rings is 1. The Morgan fingerprint density at radius 2 is 2.00 bits per heavy atom. The van der Waals surface area contributed by atoms with Crippen LogP contribution in [0.2, 0.25) is 0 Å². The third-order valence-electron chi connectivity index (χ3n) is 1.55. The number of nitrogens with one attached hydrogen (secondary N) is 1. The van der Waals surface area contributed by atoms with Crippen LogP contribution < -0.4 is 0 Å². The Hall–Kier alpha value is -1.26. The second-order valence-electron chi connectivity index (χ2n) is 2.36. The Balaban J connectivity index is 2.58. The lowest BCUT2D eigenvalue weighted by Crippen LogP contribution is -1.93. The molecule has 0 amide bonds. The monoisotopic (exact) mass is 166 g/mol. The minimum absolute atomic E-state index is 0.289. The molecule has 0 saturated heterocycles. The van der Waals surface area contributed by atoms with E-state index in [1.54, 1.807) is 12.1 Å². The van der Waals surface area contributed by atoms with E-state index >= 15 is 0 Å². The van der Waals surface area contributed by atoms with Crippen molar-refractivity contribution in [2.24, 2.45) is 5.11 Å². The van der Waals surface area contributed by atoms with Crippen molar-refractivity contribution >= 4 is 5.69 Å². The second-order valence-corrected chi connectivity index (χ2v) is 2.36. The zero-order valence-corrected chi connectivity index (χ0v) is 6.53. The summed E-state index contributed by atoms with van der Waals surface area (Å²) in [5.41, 5.74) is 8.39. The molecule has 4 heteroatoms. The molecule has 64 valence electrons. The minimum atomic E-state index is 0.289. The molecular formula is C8H10N2O2. The first-order chi connectivity index (χ1) is 5.86. The first kappa shape index (κ1) is 8.83. The number of nitrogens with zero attached hydrogens (tertiary/aromatic N) is 1. The maximum absolute atomic E-state index is 8.08. The molecular weight excluding hydrogens is 156 g/mol. The molecule has 0 aromatic heterocycles. The Morgan fingerprint density at radius 3 is 2.50 bits per heavy atom. The summed E-state index contributed by atoms with van der Waals surface area (Å²) in [6.07, 6.45) is 0.661. The van der Waals surface area contributed by atoms with Crippen LogP contribution in [-0.2, 0) is 11.3 Å². The molecule has 1 rings (SSSR count). The highest BCUT2D eigenvalue weighted by atomic mass is 17.1. The second kappa shape index (κ2) is 4.58. The van der Waals surface area contributed by atoms with Crippen LogP contribution in [0.4, 0.5) is 5.69 Å². The lowest BCUT2D eigenvalue weighted by atomic mass is 10.1. The summed E-state index contributed by atoms with van der Waals surface area (Å²) in [6.45, 7) is 0.289. The third kappa shape index (κ3) is 2.41. The lowest BCUT2D eigenvalue weighted by Gasteiger charge is -1.98. The minimum Gasteiger partial charge on any atom is -0.252 e. The van der Waals surface area contributed by atoms with Gasteiger partial charge in [-0.1, -0.05) is 12.1 Å². The van der Waals surface area contributed by atoms with Gasteiger partial charge in [0.1, 0.15) is 0 Å². The maximum Gasteiger partial charge on any atom is 0.0860 e. The number of rotatable bonds is 4. The van der Waals surface area contributed by atoms with Gasteiger partial charge in [-0.15, -0.1) is 0 Å². The zero-order valence-electron chi connectivity index (χ0n) is 6.53. The van der Waals surface area contributed by atoms with Gasteiger partial charge in [0.25, 0.3) is 0 Å². The fourth-order valence-corrected chi connectivity index (χ4v) is 0.901. The molecule has 0 radical (unpaired) electrons. The van der Waals surface area contributed by atoms with Crippen molar-refractivity contribution in [3.8, 4) is 0 Å². The summed E-state index contributed by atoms with van der Waals surface area (Å²) < 4.78 is 0. The molecule has 0 bridgehead atoms. The van der Waals surface area contributed by atoms with Crippen molar-refractivity contribution < 1.29 is 10.1 Å². The van der Waals surface area contributed by atoms with Crippen LogP contribution in [-0.4, -0.2) is 11.9 Å². The SMILES string of the molecule is N=Nc1ccc(CCOO)cc1. The van der Waals surface area contributed by atoms with Crippen LogP contribution in [0.25, 0.3) is 0 Å². The Morgan fingerprint density at radius 1 is 1.33 bits per heavy atom. The highest BCUT2D eigenvalue weighted by Gasteiger charge is 1.93. The van der Waals surface area contributed by atoms with Crippen molar-refractivity contribution in [2.75, 3.05) is 6.61 Å². The molecule has 4 nitrogen and oxygen atoms in total. The van der Waals surface area contributed by atoms with E-state index in [1.165, 1.54) is 0 Å². The van der Waals surface area contributed by atoms with E-state index in [0.717, 1.165) is 5.56 Å². The quantitative estimate of drug-likeness (QED) is 0.409. The van der Waals surface area contributed by atoms with Crippen LogP contribution in [0.1, 0.15) is 5.56 Å². The van der Waals surface area contributed by atoms with Crippen LogP contribution in [0.15, 0.2) is 29.4 Å². The molecule has 0 spiro atoms. The number of hydrogen-bond donors (Lipinski definition) is 2. The highest BCUT2D eigenvalue weighted by Crippen LogP contribution is 2.12. The summed E-state index contributed by atoms with van der Waals surface area (Å²) >= 11 is 0. The van der Waals surface area contributed by atoms with Crippen LogP contribution >= 0.6 is 0 Å². The lowest BCUT2D eigenvalue weighted by molar-refractivity contribution is -0.241. The molecule has 0 heterocycles. The summed E-state index contributed by atoms with van der Waals surface area (Å²) in [4.78, 5) is 3.94. The van der Waals surface area contributed by atoms with Gasteiger partial charge >= 0.3 is 0 Å². The molecule has 0 atom stereocenters. The largest absolute Gasteiger partial charge is 0.252 e. The Kier molecular flexibility index (Phi) is 3.37. The standard InChI is InChI=1S/C8H10N2O2/c9-10-8-3-1-7(2-4-8)5-6-12-11/h1-4,9,11H,5-6H2. The van der Waals surface area contributed by atoms with Crippen LogP contribution in [0.3, 0.4) is 0 Å². The van der Waals surface area contributed by atoms with Gasteiger partial charge in [-0.25, -0.2) is 10.4 Å². The molecule has 0 aliphatic rings. The van der Waals surface area contributed by atoms with Gasteiger partial charge in [-0.05, 0) is 24.1 Å². The van der Waals surface area contributed by atoms with Crippen LogP contribution in [0, 0.1) is 5.53 Å². The van der Waals surface area contributed by atoms with Crippen molar-refractivity contribution in [2.45, 2.75) is 6.42 Å². The predicted molar refractivity (Wildman–Crippen MR) is 43.5 cm³/mol. The Labute approximate surface area is 70.2 Å². The summed E-state index contributed by atoms with van der Waals surface area (Å²) in [5, 5.41) is 11.3. The van der Waals surface area contributed by atoms with Gasteiger partial charge < -0.3 is 0 Å². The maximum atomic E-state index is 8.08. The van der Waals surface area contributed by atoms with E-state index in [-0.39, 0.29) is 6.61 Å². The van der Waals surface area contributed by atoms with E-state index in [9.17, 15) is 0 Å². The molecule has 0 saturated carbocycles. The fraction of sp³-hybridized carbons (Fsp3) is 0.250. The Bertz CT molecular complexity index is 246. The smallest absolute Gasteiger partial charge is 0.0860 e. The number of hydrogen-bond acceptors (Lipinski definition) is 4. The summed E-state index contributed by atoms with van der Waals surface area (Å²) in [6, 6.07) is 7.21. The molecule has 1 aromatic rings. The molecule has 2 N–H and O–H groups in total. The molecule has 0 fully saturated rings. The average Bonchev–Trinajstić information content (AvgIpc) is 2.15. The summed E-state index contributed by atoms with van der Waals surface area (Å²) in [7, 11) is 0. The van der Waals surface area contributed by atoms with Gasteiger partial charge in [-0.3, -0.25) is 5.26 Å². The van der Waals surface area contributed by atoms with Crippen molar-refractivity contribution in [1.29, 1.82) is 5.53 Å². The molecule has 0 aliphatic heterocycles. The molecule has 0 aliphatic carbocycles. The first-order valence-corrected chi connectivity index (χ1v) is 3.59. The topological polar surface area (TPSA) is 65.7 Å². The third-order valence-corrected chi connectivity index (χ3v) is 1.55.